The predicted octanol–water partition coefficient (Wildman–Crippen LogP) is 1.97. The third kappa shape index (κ3) is 4.12. The number of aryl methyl sites for hydroxylation is 2. The summed E-state index contributed by atoms with van der Waals surface area (Å²) in [6.45, 7) is -0.196. The van der Waals surface area contributed by atoms with Gasteiger partial charge in [0.25, 0.3) is 5.91 Å². The Bertz CT molecular complexity index is 1200. The Balaban J connectivity index is 1.94. The van der Waals surface area contributed by atoms with E-state index in [1.165, 1.54) is 16.2 Å². The second-order valence-corrected chi connectivity index (χ2v) is 7.21. The molecule has 0 saturated carbocycles. The summed E-state index contributed by atoms with van der Waals surface area (Å²) in [5.41, 5.74) is 1.04. The van der Waals surface area contributed by atoms with E-state index in [0.717, 1.165) is 0 Å². The predicted molar refractivity (Wildman–Crippen MR) is 114 cm³/mol. The number of aromatic nitrogens is 2. The number of ether oxygens (including phenoxy) is 1. The molecule has 0 unspecified atom stereocenters. The van der Waals surface area contributed by atoms with Crippen LogP contribution in [-0.4, -0.2) is 35.7 Å². The fraction of sp³-hybridized carbons (Fsp3) is 0.250. The molecule has 0 atom stereocenters. The Morgan fingerprint density at radius 2 is 1.59 bits per heavy atom. The van der Waals surface area contributed by atoms with E-state index in [1.807, 2.05) is 19.0 Å². The lowest BCUT2D eigenvalue weighted by atomic mass is 10.2. The van der Waals surface area contributed by atoms with Crippen molar-refractivity contribution in [3.05, 3.63) is 62.1 Å². The zero-order valence-electron chi connectivity index (χ0n) is 16.5. The molecule has 0 spiro atoms. The van der Waals surface area contributed by atoms with Crippen molar-refractivity contribution < 1.29 is 9.53 Å². The molecule has 0 fully saturated rings. The molecule has 1 aromatic heterocycles. The van der Waals surface area contributed by atoms with Crippen LogP contribution in [0.5, 0.6) is 5.75 Å². The van der Waals surface area contributed by atoms with Gasteiger partial charge in [-0.25, -0.2) is 0 Å². The van der Waals surface area contributed by atoms with E-state index < -0.39 is 11.1 Å². The molecule has 0 radical (unpaired) electrons. The second-order valence-electron chi connectivity index (χ2n) is 6.77. The molecule has 1 amide bonds. The van der Waals surface area contributed by atoms with E-state index in [0.29, 0.717) is 33.2 Å². The third-order valence-electron chi connectivity index (χ3n) is 4.55. The summed E-state index contributed by atoms with van der Waals surface area (Å²) in [6.07, 6.45) is 0. The Morgan fingerprint density at radius 3 is 2.14 bits per heavy atom. The van der Waals surface area contributed by atoms with Crippen LogP contribution in [0.2, 0.25) is 5.02 Å². The molecule has 2 aromatic carbocycles. The van der Waals surface area contributed by atoms with Crippen LogP contribution in [-0.2, 0) is 18.9 Å². The molecule has 8 nitrogen and oxygen atoms in total. The van der Waals surface area contributed by atoms with Gasteiger partial charge in [0.15, 0.2) is 6.61 Å². The van der Waals surface area contributed by atoms with Crippen molar-refractivity contribution in [2.24, 2.45) is 14.1 Å². The maximum absolute atomic E-state index is 12.4. The monoisotopic (exact) mass is 416 g/mol. The highest BCUT2D eigenvalue weighted by atomic mass is 35.5. The number of fused-ring (bicyclic) bond motifs is 1. The number of halogens is 1. The van der Waals surface area contributed by atoms with Gasteiger partial charge >= 0.3 is 11.1 Å². The molecule has 29 heavy (non-hydrogen) atoms. The molecule has 1 N–H and O–H groups in total. The second kappa shape index (κ2) is 8.00. The first kappa shape index (κ1) is 20.5. The summed E-state index contributed by atoms with van der Waals surface area (Å²) in [6, 6.07) is 10.1. The van der Waals surface area contributed by atoms with E-state index in [1.54, 1.807) is 43.4 Å². The van der Waals surface area contributed by atoms with Crippen LogP contribution >= 0.6 is 11.6 Å². The number of amides is 1. The number of nitrogens with zero attached hydrogens (tertiary/aromatic N) is 3. The van der Waals surface area contributed by atoms with Gasteiger partial charge in [-0.1, -0.05) is 11.6 Å². The summed E-state index contributed by atoms with van der Waals surface area (Å²) in [4.78, 5) is 38.5. The maximum Gasteiger partial charge on any atom is 0.316 e. The first-order valence-corrected chi connectivity index (χ1v) is 9.16. The van der Waals surface area contributed by atoms with Gasteiger partial charge in [0, 0.05) is 33.2 Å². The molecular weight excluding hydrogens is 396 g/mol. The highest BCUT2D eigenvalue weighted by molar-refractivity contribution is 6.30. The van der Waals surface area contributed by atoms with Crippen molar-refractivity contribution in [1.29, 1.82) is 0 Å². The first-order valence-electron chi connectivity index (χ1n) is 8.78. The van der Waals surface area contributed by atoms with Gasteiger partial charge in [-0.2, -0.15) is 0 Å². The number of benzene rings is 2. The molecule has 0 saturated heterocycles. The minimum Gasteiger partial charge on any atom is -0.484 e. The third-order valence-corrected chi connectivity index (χ3v) is 4.80. The van der Waals surface area contributed by atoms with Gasteiger partial charge in [0.1, 0.15) is 5.75 Å². The first-order chi connectivity index (χ1) is 13.7. The number of rotatable bonds is 5. The van der Waals surface area contributed by atoms with Gasteiger partial charge in [-0.3, -0.25) is 14.4 Å². The van der Waals surface area contributed by atoms with Gasteiger partial charge in [-0.15, -0.1) is 0 Å². The normalized spacial score (nSPS) is 10.8. The van der Waals surface area contributed by atoms with E-state index in [-0.39, 0.29) is 12.5 Å². The number of hydrogen-bond acceptors (Lipinski definition) is 5. The van der Waals surface area contributed by atoms with Gasteiger partial charge < -0.3 is 24.1 Å². The number of carbonyl (C=O) groups excluding carboxylic acids is 1. The number of anilines is 2. The van der Waals surface area contributed by atoms with E-state index >= 15 is 0 Å². The Labute approximate surface area is 171 Å². The van der Waals surface area contributed by atoms with E-state index in [2.05, 4.69) is 5.32 Å². The highest BCUT2D eigenvalue weighted by Crippen LogP contribution is 2.29. The molecule has 1 heterocycles. The average molecular weight is 417 g/mol. The fourth-order valence-electron chi connectivity index (χ4n) is 2.94. The van der Waals surface area contributed by atoms with Gasteiger partial charge in [0.05, 0.1) is 22.4 Å². The van der Waals surface area contributed by atoms with E-state index in [9.17, 15) is 14.4 Å². The van der Waals surface area contributed by atoms with Crippen LogP contribution in [0.1, 0.15) is 0 Å². The van der Waals surface area contributed by atoms with Crippen molar-refractivity contribution >= 4 is 39.9 Å². The van der Waals surface area contributed by atoms with Gasteiger partial charge in [0.2, 0.25) is 0 Å². The Morgan fingerprint density at radius 1 is 1.03 bits per heavy atom. The van der Waals surface area contributed by atoms with Crippen LogP contribution in [0, 0.1) is 0 Å². The molecule has 0 bridgehead atoms. The topological polar surface area (TPSA) is 85.6 Å². The number of carbonyl (C=O) groups is 1. The van der Waals surface area contributed by atoms with Crippen LogP contribution in [0.15, 0.2) is 46.0 Å². The quantitative estimate of drug-likeness (QED) is 0.643. The SMILES string of the molecule is CN(C)c1cc2c(cc1NC(=O)COc1ccc(Cl)cc1)n(C)c(=O)c(=O)n2C. The number of nitrogens with one attached hydrogen (secondary N) is 1. The minimum atomic E-state index is -0.638. The van der Waals surface area contributed by atoms with Crippen molar-refractivity contribution in [3.8, 4) is 5.75 Å². The molecule has 0 aliphatic rings. The molecule has 3 aromatic rings. The largest absolute Gasteiger partial charge is 0.484 e. The van der Waals surface area contributed by atoms with E-state index in [4.69, 9.17) is 16.3 Å². The lowest BCUT2D eigenvalue weighted by Gasteiger charge is -2.20. The Hall–Kier alpha value is -3.26. The molecule has 0 aliphatic carbocycles. The summed E-state index contributed by atoms with van der Waals surface area (Å²) in [7, 11) is 6.71. The van der Waals surface area contributed by atoms with Crippen LogP contribution in [0.25, 0.3) is 11.0 Å². The fourth-order valence-corrected chi connectivity index (χ4v) is 3.07. The van der Waals surface area contributed by atoms with Gasteiger partial charge in [-0.05, 0) is 36.4 Å². The summed E-state index contributed by atoms with van der Waals surface area (Å²) >= 11 is 5.84. The van der Waals surface area contributed by atoms with Crippen LogP contribution in [0.3, 0.4) is 0 Å². The summed E-state index contributed by atoms with van der Waals surface area (Å²) in [5.74, 6) is 0.158. The molecule has 152 valence electrons. The standard InChI is InChI=1S/C20H21ClN4O4/c1-23(2)15-10-17-16(24(3)19(27)20(28)25(17)4)9-14(15)22-18(26)11-29-13-7-5-12(21)6-8-13/h5-10H,11H2,1-4H3,(H,22,26). The molecule has 9 heteroatoms. The summed E-state index contributed by atoms with van der Waals surface area (Å²) < 4.78 is 8.06. The molecular formula is C20H21ClN4O4. The zero-order chi connectivity index (χ0) is 21.3. The van der Waals surface area contributed by atoms with Crippen LogP contribution in [0.4, 0.5) is 11.4 Å². The molecule has 0 aliphatic heterocycles. The minimum absolute atomic E-state index is 0.196. The van der Waals surface area contributed by atoms with Crippen molar-refractivity contribution in [1.82, 2.24) is 9.13 Å². The number of hydrogen-bond donors (Lipinski definition) is 1. The lowest BCUT2D eigenvalue weighted by Crippen LogP contribution is -2.39. The van der Waals surface area contributed by atoms with Crippen molar-refractivity contribution in [2.75, 3.05) is 30.9 Å². The zero-order valence-corrected chi connectivity index (χ0v) is 17.3. The highest BCUT2D eigenvalue weighted by Gasteiger charge is 2.15. The maximum atomic E-state index is 12.4. The lowest BCUT2D eigenvalue weighted by molar-refractivity contribution is -0.118. The van der Waals surface area contributed by atoms with Crippen molar-refractivity contribution in [2.45, 2.75) is 0 Å². The molecule has 3 rings (SSSR count). The summed E-state index contributed by atoms with van der Waals surface area (Å²) in [5, 5.41) is 3.39. The average Bonchev–Trinajstić information content (AvgIpc) is 2.69. The smallest absolute Gasteiger partial charge is 0.316 e. The van der Waals surface area contributed by atoms with Crippen LogP contribution < -0.4 is 26.1 Å². The Kier molecular flexibility index (Phi) is 5.65. The van der Waals surface area contributed by atoms with Crippen molar-refractivity contribution in [3.63, 3.8) is 0 Å².